The number of hydrogen-bond acceptors (Lipinski definition) is 4. The van der Waals surface area contributed by atoms with Crippen LogP contribution in [-0.2, 0) is 6.18 Å². The minimum absolute atomic E-state index is 0.0375. The highest BCUT2D eigenvalue weighted by molar-refractivity contribution is 5.95. The number of alkyl halides is 3. The van der Waals surface area contributed by atoms with E-state index >= 15 is 0 Å². The summed E-state index contributed by atoms with van der Waals surface area (Å²) in [6, 6.07) is 12.1. The monoisotopic (exact) mass is 473 g/mol. The zero-order chi connectivity index (χ0) is 25.5. The van der Waals surface area contributed by atoms with Gasteiger partial charge in [0.15, 0.2) is 0 Å². The van der Waals surface area contributed by atoms with Crippen LogP contribution < -0.4 is 15.4 Å². The average molecular weight is 474 g/mol. The van der Waals surface area contributed by atoms with Gasteiger partial charge in [0.2, 0.25) is 0 Å². The Morgan fingerprint density at radius 2 is 1.65 bits per heavy atom. The van der Waals surface area contributed by atoms with Crippen molar-refractivity contribution in [3.05, 3.63) is 59.2 Å². The lowest BCUT2D eigenvalue weighted by atomic mass is 9.49. The molecule has 34 heavy (non-hydrogen) atoms. The Hall–Kier alpha value is -3.21. The number of anilines is 1. The van der Waals surface area contributed by atoms with Crippen molar-refractivity contribution < 1.29 is 22.7 Å². The average Bonchev–Trinajstić information content (AvgIpc) is 2.74. The molecule has 1 aliphatic carbocycles. The SMILES string of the molecule is CC(C)Nc1ccc(C(=O)N[C@H]2C(C)(C)[C@H](Oc3ccc(C#N)c(C(F)(F)F)c3)C2(C)C)cc1. The summed E-state index contributed by atoms with van der Waals surface area (Å²) >= 11 is 0. The first-order valence-electron chi connectivity index (χ1n) is 11.1. The van der Waals surface area contributed by atoms with Crippen LogP contribution in [-0.4, -0.2) is 24.1 Å². The molecule has 5 nitrogen and oxygen atoms in total. The lowest BCUT2D eigenvalue weighted by molar-refractivity contribution is -0.164. The number of carbonyl (C=O) groups is 1. The quantitative estimate of drug-likeness (QED) is 0.539. The van der Waals surface area contributed by atoms with Gasteiger partial charge in [-0.25, -0.2) is 0 Å². The third-order valence-corrected chi connectivity index (χ3v) is 6.39. The summed E-state index contributed by atoms with van der Waals surface area (Å²) < 4.78 is 46.1. The maximum absolute atomic E-state index is 13.3. The van der Waals surface area contributed by atoms with Gasteiger partial charge in [0, 0.05) is 34.2 Å². The largest absolute Gasteiger partial charge is 0.489 e. The first-order chi connectivity index (χ1) is 15.7. The molecule has 2 N–H and O–H groups in total. The van der Waals surface area contributed by atoms with Crippen molar-refractivity contribution in [3.63, 3.8) is 0 Å². The van der Waals surface area contributed by atoms with Crippen molar-refractivity contribution in [2.45, 2.75) is 65.9 Å². The van der Waals surface area contributed by atoms with Gasteiger partial charge in [-0.2, -0.15) is 18.4 Å². The number of nitrogens with one attached hydrogen (secondary N) is 2. The number of hydrogen-bond donors (Lipinski definition) is 2. The van der Waals surface area contributed by atoms with Gasteiger partial charge in [-0.15, -0.1) is 0 Å². The maximum Gasteiger partial charge on any atom is 0.417 e. The van der Waals surface area contributed by atoms with Gasteiger partial charge in [0.05, 0.1) is 17.2 Å². The van der Waals surface area contributed by atoms with Gasteiger partial charge >= 0.3 is 6.18 Å². The van der Waals surface area contributed by atoms with E-state index in [0.717, 1.165) is 17.8 Å². The van der Waals surface area contributed by atoms with Gasteiger partial charge in [-0.1, -0.05) is 27.7 Å². The molecule has 0 bridgehead atoms. The fraction of sp³-hybridized carbons (Fsp3) is 0.462. The van der Waals surface area contributed by atoms with Crippen LogP contribution >= 0.6 is 0 Å². The van der Waals surface area contributed by atoms with Crippen molar-refractivity contribution in [3.8, 4) is 11.8 Å². The van der Waals surface area contributed by atoms with E-state index in [2.05, 4.69) is 10.6 Å². The Kier molecular flexibility index (Phi) is 6.62. The number of rotatable bonds is 6. The van der Waals surface area contributed by atoms with E-state index in [9.17, 15) is 18.0 Å². The molecule has 182 valence electrons. The maximum atomic E-state index is 13.3. The van der Waals surface area contributed by atoms with E-state index in [1.165, 1.54) is 6.07 Å². The van der Waals surface area contributed by atoms with Crippen molar-refractivity contribution >= 4 is 11.6 Å². The van der Waals surface area contributed by atoms with Crippen LogP contribution in [0, 0.1) is 22.2 Å². The molecule has 0 atom stereocenters. The predicted octanol–water partition coefficient (Wildman–Crippen LogP) is 6.01. The summed E-state index contributed by atoms with van der Waals surface area (Å²) in [7, 11) is 0. The smallest absolute Gasteiger partial charge is 0.417 e. The summed E-state index contributed by atoms with van der Waals surface area (Å²) in [6.07, 6.45) is -5.12. The Morgan fingerprint density at radius 3 is 2.15 bits per heavy atom. The number of nitrogens with zero attached hydrogens (tertiary/aromatic N) is 1. The number of nitriles is 1. The first kappa shape index (κ1) is 25.4. The Balaban J connectivity index is 1.76. The molecule has 0 saturated heterocycles. The number of ether oxygens (including phenoxy) is 1. The fourth-order valence-electron chi connectivity index (χ4n) is 5.13. The number of amides is 1. The Bertz CT molecular complexity index is 1080. The van der Waals surface area contributed by atoms with Gasteiger partial charge in [0.1, 0.15) is 11.9 Å². The van der Waals surface area contributed by atoms with Crippen molar-refractivity contribution in [1.29, 1.82) is 5.26 Å². The van der Waals surface area contributed by atoms with E-state index in [-0.39, 0.29) is 23.7 Å². The highest BCUT2D eigenvalue weighted by atomic mass is 19.4. The molecule has 1 fully saturated rings. The minimum atomic E-state index is -4.66. The van der Waals surface area contributed by atoms with Crippen LogP contribution in [0.25, 0.3) is 0 Å². The highest BCUT2D eigenvalue weighted by Crippen LogP contribution is 2.55. The first-order valence-corrected chi connectivity index (χ1v) is 11.1. The molecule has 8 heteroatoms. The molecule has 1 aliphatic rings. The molecule has 0 unspecified atom stereocenters. The summed E-state index contributed by atoms with van der Waals surface area (Å²) in [4.78, 5) is 12.9. The zero-order valence-electron chi connectivity index (χ0n) is 20.2. The lowest BCUT2D eigenvalue weighted by Crippen LogP contribution is -2.74. The molecule has 0 heterocycles. The second-order valence-electron chi connectivity index (χ2n) is 10.2. The minimum Gasteiger partial charge on any atom is -0.489 e. The lowest BCUT2D eigenvalue weighted by Gasteiger charge is -2.63. The molecule has 2 aromatic rings. The number of halogens is 3. The van der Waals surface area contributed by atoms with Crippen LogP contribution in [0.2, 0.25) is 0 Å². The Morgan fingerprint density at radius 1 is 1.06 bits per heavy atom. The normalized spacial score (nSPS) is 20.7. The molecule has 1 amide bonds. The van der Waals surface area contributed by atoms with Crippen LogP contribution in [0.15, 0.2) is 42.5 Å². The van der Waals surface area contributed by atoms with Crippen molar-refractivity contribution in [1.82, 2.24) is 5.32 Å². The second kappa shape index (κ2) is 8.86. The van der Waals surface area contributed by atoms with E-state index < -0.39 is 34.2 Å². The molecule has 3 rings (SSSR count). The van der Waals surface area contributed by atoms with Crippen molar-refractivity contribution in [2.24, 2.45) is 10.8 Å². The van der Waals surface area contributed by atoms with Crippen molar-refractivity contribution in [2.75, 3.05) is 5.32 Å². The van der Waals surface area contributed by atoms with E-state index in [4.69, 9.17) is 10.00 Å². The molecular formula is C26H30F3N3O2. The van der Waals surface area contributed by atoms with Gasteiger partial charge in [0.25, 0.3) is 5.91 Å². The second-order valence-corrected chi connectivity index (χ2v) is 10.2. The summed E-state index contributed by atoms with van der Waals surface area (Å²) in [6.45, 7) is 11.7. The molecule has 2 aromatic carbocycles. The molecule has 0 aromatic heterocycles. The summed E-state index contributed by atoms with van der Waals surface area (Å²) in [5.41, 5.74) is -1.14. The van der Waals surface area contributed by atoms with Crippen LogP contribution in [0.1, 0.15) is 63.0 Å². The van der Waals surface area contributed by atoms with Gasteiger partial charge in [-0.05, 0) is 56.3 Å². The summed E-state index contributed by atoms with van der Waals surface area (Å²) in [5.74, 6) is -0.186. The standard InChI is InChI=1S/C26H30F3N3O2/c1-15(2)31-18-10-7-16(8-11-18)21(33)32-22-24(3,4)23(25(22,5)6)34-19-12-9-17(14-30)20(13-19)26(27,28)29/h7-13,15,22-23,31H,1-6H3,(H,32,33)/t22-,23-. The fourth-order valence-corrected chi connectivity index (χ4v) is 5.13. The topological polar surface area (TPSA) is 74.2 Å². The molecule has 0 spiro atoms. The Labute approximate surface area is 198 Å². The van der Waals surface area contributed by atoms with Gasteiger partial charge in [-0.3, -0.25) is 4.79 Å². The molecule has 1 saturated carbocycles. The number of carbonyl (C=O) groups excluding carboxylic acids is 1. The van der Waals surface area contributed by atoms with E-state index in [0.29, 0.717) is 5.56 Å². The van der Waals surface area contributed by atoms with E-state index in [1.54, 1.807) is 18.2 Å². The molecular weight excluding hydrogens is 443 g/mol. The molecule has 0 radical (unpaired) electrons. The zero-order valence-corrected chi connectivity index (χ0v) is 20.2. The van der Waals surface area contributed by atoms with E-state index in [1.807, 2.05) is 53.7 Å². The third-order valence-electron chi connectivity index (χ3n) is 6.39. The predicted molar refractivity (Wildman–Crippen MR) is 125 cm³/mol. The highest BCUT2D eigenvalue weighted by Gasteiger charge is 2.64. The summed E-state index contributed by atoms with van der Waals surface area (Å²) in [5, 5.41) is 15.4. The third kappa shape index (κ3) is 4.84. The van der Waals surface area contributed by atoms with Crippen LogP contribution in [0.3, 0.4) is 0 Å². The molecule has 0 aliphatic heterocycles. The van der Waals surface area contributed by atoms with Crippen LogP contribution in [0.5, 0.6) is 5.75 Å². The number of benzene rings is 2. The van der Waals surface area contributed by atoms with Crippen LogP contribution in [0.4, 0.5) is 18.9 Å². The van der Waals surface area contributed by atoms with Gasteiger partial charge < -0.3 is 15.4 Å².